The number of halogens is 2. The van der Waals surface area contributed by atoms with Crippen molar-refractivity contribution in [2.45, 2.75) is 25.7 Å². The fraction of sp³-hybridized carbons (Fsp3) is 0.471. The molecule has 0 N–H and O–H groups in total. The average molecular weight is 378 g/mol. The van der Waals surface area contributed by atoms with Crippen LogP contribution in [-0.4, -0.2) is 61.6 Å². The maximum absolute atomic E-state index is 13.8. The minimum absolute atomic E-state index is 0.0563. The summed E-state index contributed by atoms with van der Waals surface area (Å²) >= 11 is 0. The van der Waals surface area contributed by atoms with Crippen LogP contribution in [0.4, 0.5) is 13.6 Å². The second-order valence-electron chi connectivity index (χ2n) is 6.34. The van der Waals surface area contributed by atoms with Crippen molar-refractivity contribution in [2.24, 2.45) is 7.05 Å². The zero-order chi connectivity index (χ0) is 19.4. The van der Waals surface area contributed by atoms with Crippen LogP contribution in [-0.2, 0) is 24.7 Å². The molecule has 1 aromatic heterocycles. The number of tetrazole rings is 1. The van der Waals surface area contributed by atoms with E-state index in [9.17, 15) is 18.4 Å². The minimum Gasteiger partial charge on any atom is -0.324 e. The van der Waals surface area contributed by atoms with Crippen molar-refractivity contribution < 1.29 is 18.4 Å². The predicted molar refractivity (Wildman–Crippen MR) is 90.5 cm³/mol. The number of urea groups is 1. The van der Waals surface area contributed by atoms with Crippen molar-refractivity contribution in [3.8, 4) is 0 Å². The van der Waals surface area contributed by atoms with Gasteiger partial charge in [0.15, 0.2) is 5.82 Å². The second kappa shape index (κ2) is 8.19. The molecule has 0 bridgehead atoms. The summed E-state index contributed by atoms with van der Waals surface area (Å²) in [5, 5.41) is 11.2. The third kappa shape index (κ3) is 4.26. The lowest BCUT2D eigenvalue weighted by Crippen LogP contribution is -2.53. The Labute approximate surface area is 154 Å². The molecular formula is C17H20F2N6O2. The number of carbonyl (C=O) groups is 2. The van der Waals surface area contributed by atoms with E-state index in [1.807, 2.05) is 0 Å². The molecule has 0 atom stereocenters. The number of nitrogens with zero attached hydrogens (tertiary/aromatic N) is 6. The highest BCUT2D eigenvalue weighted by Crippen LogP contribution is 2.16. The molecule has 0 saturated carbocycles. The number of imide groups is 1. The van der Waals surface area contributed by atoms with Gasteiger partial charge >= 0.3 is 6.03 Å². The molecule has 0 radical (unpaired) electrons. The van der Waals surface area contributed by atoms with Gasteiger partial charge in [-0.15, -0.1) is 5.10 Å². The van der Waals surface area contributed by atoms with Crippen LogP contribution < -0.4 is 0 Å². The predicted octanol–water partition coefficient (Wildman–Crippen LogP) is 1.32. The van der Waals surface area contributed by atoms with Gasteiger partial charge in [0.2, 0.25) is 5.91 Å². The first-order valence-corrected chi connectivity index (χ1v) is 8.70. The first kappa shape index (κ1) is 18.9. The molecule has 1 aliphatic rings. The summed E-state index contributed by atoms with van der Waals surface area (Å²) in [6.45, 7) is 0.724. The normalized spacial score (nSPS) is 14.9. The molecule has 1 fully saturated rings. The van der Waals surface area contributed by atoms with Crippen LogP contribution >= 0.6 is 0 Å². The Morgan fingerprint density at radius 3 is 2.52 bits per heavy atom. The third-order valence-corrected chi connectivity index (χ3v) is 4.58. The summed E-state index contributed by atoms with van der Waals surface area (Å²) in [5.41, 5.74) is -0.120. The highest BCUT2D eigenvalue weighted by Gasteiger charge is 2.31. The molecule has 144 valence electrons. The van der Waals surface area contributed by atoms with E-state index < -0.39 is 17.7 Å². The molecule has 2 aromatic rings. The summed E-state index contributed by atoms with van der Waals surface area (Å²) in [6, 6.07) is 3.16. The summed E-state index contributed by atoms with van der Waals surface area (Å²) < 4.78 is 29.1. The molecule has 1 aliphatic heterocycles. The second-order valence-corrected chi connectivity index (χ2v) is 6.34. The first-order valence-electron chi connectivity index (χ1n) is 8.70. The van der Waals surface area contributed by atoms with Gasteiger partial charge in [-0.05, 0) is 35.4 Å². The van der Waals surface area contributed by atoms with E-state index >= 15 is 0 Å². The highest BCUT2D eigenvalue weighted by molar-refractivity contribution is 5.96. The minimum atomic E-state index is -0.680. The topological polar surface area (TPSA) is 84.2 Å². The van der Waals surface area contributed by atoms with Crippen molar-refractivity contribution in [3.63, 3.8) is 0 Å². The van der Waals surface area contributed by atoms with E-state index in [2.05, 4.69) is 15.5 Å². The fourth-order valence-corrected chi connectivity index (χ4v) is 3.05. The Bertz CT molecular complexity index is 820. The molecule has 2 heterocycles. The largest absolute Gasteiger partial charge is 0.326 e. The smallest absolute Gasteiger partial charge is 0.324 e. The highest BCUT2D eigenvalue weighted by atomic mass is 19.1. The molecule has 1 saturated heterocycles. The molecule has 3 amide bonds. The van der Waals surface area contributed by atoms with Gasteiger partial charge in [-0.1, -0.05) is 6.07 Å². The number of aromatic nitrogens is 4. The van der Waals surface area contributed by atoms with Crippen LogP contribution in [0.25, 0.3) is 0 Å². The third-order valence-electron chi connectivity index (χ3n) is 4.58. The van der Waals surface area contributed by atoms with E-state index in [1.165, 1.54) is 6.07 Å². The molecule has 0 aliphatic carbocycles. The Hall–Kier alpha value is -2.91. The molecule has 8 nitrogen and oxygen atoms in total. The lowest BCUT2D eigenvalue weighted by Gasteiger charge is -2.34. The number of aryl methyl sites for hydroxylation is 2. The van der Waals surface area contributed by atoms with E-state index in [-0.39, 0.29) is 30.9 Å². The van der Waals surface area contributed by atoms with Crippen LogP contribution in [0.15, 0.2) is 18.2 Å². The van der Waals surface area contributed by atoms with Gasteiger partial charge < -0.3 is 4.90 Å². The molecule has 10 heteroatoms. The standard InChI is InChI=1S/C17H20F2N6O2/c1-23-15(20-21-22-23)6-3-9-24-10-8-16(26)25(17(24)27)11-7-12-13(18)4-2-5-14(12)19/h2,4-5H,3,6-11H2,1H3. The van der Waals surface area contributed by atoms with E-state index in [1.54, 1.807) is 16.6 Å². The van der Waals surface area contributed by atoms with Gasteiger partial charge in [0, 0.05) is 45.1 Å². The summed E-state index contributed by atoms with van der Waals surface area (Å²) in [4.78, 5) is 27.3. The summed E-state index contributed by atoms with van der Waals surface area (Å²) in [5.74, 6) is -0.977. The van der Waals surface area contributed by atoms with Gasteiger partial charge in [-0.2, -0.15) is 0 Å². The molecule has 0 unspecified atom stereocenters. The van der Waals surface area contributed by atoms with Crippen molar-refractivity contribution >= 4 is 11.9 Å². The summed E-state index contributed by atoms with van der Waals surface area (Å²) in [7, 11) is 1.74. The first-order chi connectivity index (χ1) is 13.0. The van der Waals surface area contributed by atoms with E-state index in [0.29, 0.717) is 31.8 Å². The zero-order valence-electron chi connectivity index (χ0n) is 14.9. The molecule has 1 aromatic carbocycles. The molecule has 0 spiro atoms. The fourth-order valence-electron chi connectivity index (χ4n) is 3.05. The van der Waals surface area contributed by atoms with Crippen LogP contribution in [0, 0.1) is 11.6 Å². The van der Waals surface area contributed by atoms with Gasteiger partial charge in [0.05, 0.1) is 0 Å². The van der Waals surface area contributed by atoms with Crippen LogP contribution in [0.5, 0.6) is 0 Å². The van der Waals surface area contributed by atoms with Crippen LogP contribution in [0.1, 0.15) is 24.2 Å². The number of rotatable bonds is 7. The Morgan fingerprint density at radius 1 is 1.11 bits per heavy atom. The van der Waals surface area contributed by atoms with Crippen LogP contribution in [0.3, 0.4) is 0 Å². The lowest BCUT2D eigenvalue weighted by atomic mass is 10.1. The lowest BCUT2D eigenvalue weighted by molar-refractivity contribution is -0.131. The SMILES string of the molecule is Cn1nnnc1CCCN1CCC(=O)N(CCc2c(F)cccc2F)C1=O. The Balaban J connectivity index is 1.57. The van der Waals surface area contributed by atoms with Crippen molar-refractivity contribution in [1.82, 2.24) is 30.0 Å². The van der Waals surface area contributed by atoms with E-state index in [4.69, 9.17) is 0 Å². The van der Waals surface area contributed by atoms with Crippen molar-refractivity contribution in [1.29, 1.82) is 0 Å². The van der Waals surface area contributed by atoms with Crippen molar-refractivity contribution in [2.75, 3.05) is 19.6 Å². The molecular weight excluding hydrogens is 358 g/mol. The monoisotopic (exact) mass is 378 g/mol. The number of benzene rings is 1. The number of hydrogen-bond donors (Lipinski definition) is 0. The number of hydrogen-bond acceptors (Lipinski definition) is 5. The van der Waals surface area contributed by atoms with E-state index in [0.717, 1.165) is 17.0 Å². The number of amides is 3. The quantitative estimate of drug-likeness (QED) is 0.726. The Kier molecular flexibility index (Phi) is 5.72. The van der Waals surface area contributed by atoms with Crippen LogP contribution in [0.2, 0.25) is 0 Å². The van der Waals surface area contributed by atoms with Gasteiger partial charge in [-0.3, -0.25) is 9.69 Å². The van der Waals surface area contributed by atoms with Gasteiger partial charge in [-0.25, -0.2) is 18.3 Å². The summed E-state index contributed by atoms with van der Waals surface area (Å²) in [6.07, 6.45) is 1.37. The van der Waals surface area contributed by atoms with Gasteiger partial charge in [0.25, 0.3) is 0 Å². The maximum Gasteiger partial charge on any atom is 0.326 e. The Morgan fingerprint density at radius 2 is 1.85 bits per heavy atom. The van der Waals surface area contributed by atoms with Crippen molar-refractivity contribution in [3.05, 3.63) is 41.2 Å². The van der Waals surface area contributed by atoms with Gasteiger partial charge in [0.1, 0.15) is 11.6 Å². The molecule has 27 heavy (non-hydrogen) atoms. The maximum atomic E-state index is 13.8. The number of carbonyl (C=O) groups excluding carboxylic acids is 2. The molecule has 3 rings (SSSR count). The average Bonchev–Trinajstić information content (AvgIpc) is 3.04. The zero-order valence-corrected chi connectivity index (χ0v) is 14.9.